The average Bonchev–Trinajstić information content (AvgIpc) is 2.27. The Morgan fingerprint density at radius 1 is 1.44 bits per heavy atom. The van der Waals surface area contributed by atoms with E-state index < -0.39 is 0 Å². The molecule has 1 aromatic rings. The van der Waals surface area contributed by atoms with E-state index in [1.807, 2.05) is 12.1 Å². The van der Waals surface area contributed by atoms with E-state index >= 15 is 0 Å². The molecule has 0 fully saturated rings. The molecule has 2 N–H and O–H groups in total. The van der Waals surface area contributed by atoms with Gasteiger partial charge in [-0.2, -0.15) is 0 Å². The largest absolute Gasteiger partial charge is 0.356 e. The summed E-state index contributed by atoms with van der Waals surface area (Å²) in [5, 5.41) is 0.665. The molecule has 1 aromatic heterocycles. The first-order valence-corrected chi connectivity index (χ1v) is 5.93. The van der Waals surface area contributed by atoms with Crippen molar-refractivity contribution in [3.8, 4) is 0 Å². The highest BCUT2D eigenvalue weighted by atomic mass is 35.5. The molecule has 0 bridgehead atoms. The fourth-order valence-electron chi connectivity index (χ4n) is 1.49. The summed E-state index contributed by atoms with van der Waals surface area (Å²) >= 11 is 5.82. The third-order valence-electron chi connectivity index (χ3n) is 2.59. The van der Waals surface area contributed by atoms with Crippen molar-refractivity contribution in [3.63, 3.8) is 0 Å². The van der Waals surface area contributed by atoms with Crippen LogP contribution in [0.3, 0.4) is 0 Å². The van der Waals surface area contributed by atoms with Crippen LogP contribution in [0.5, 0.6) is 0 Å². The minimum Gasteiger partial charge on any atom is -0.356 e. The van der Waals surface area contributed by atoms with Gasteiger partial charge in [-0.25, -0.2) is 4.98 Å². The summed E-state index contributed by atoms with van der Waals surface area (Å²) in [5.74, 6) is 0.952. The zero-order valence-corrected chi connectivity index (χ0v) is 11.0. The fraction of sp³-hybridized carbons (Fsp3) is 0.583. The molecule has 0 aliphatic rings. The van der Waals surface area contributed by atoms with Gasteiger partial charge in [0, 0.05) is 19.3 Å². The molecule has 0 radical (unpaired) electrons. The summed E-state index contributed by atoms with van der Waals surface area (Å²) in [4.78, 5) is 6.53. The van der Waals surface area contributed by atoms with Crippen molar-refractivity contribution in [2.75, 3.05) is 24.5 Å². The molecule has 0 saturated carbocycles. The predicted molar refractivity (Wildman–Crippen MR) is 70.0 cm³/mol. The number of hydrogen-bond acceptors (Lipinski definition) is 3. The van der Waals surface area contributed by atoms with Gasteiger partial charge in [0.25, 0.3) is 0 Å². The molecule has 0 amide bonds. The number of nitrogens with zero attached hydrogens (tertiary/aromatic N) is 2. The highest BCUT2D eigenvalue weighted by Gasteiger charge is 2.20. The maximum Gasteiger partial charge on any atom is 0.128 e. The van der Waals surface area contributed by atoms with Crippen LogP contribution in [0.15, 0.2) is 18.3 Å². The monoisotopic (exact) mass is 241 g/mol. The fourth-order valence-corrected chi connectivity index (χ4v) is 1.60. The SMILES string of the molecule is CCN(CC(C)(C)CN)c1ccc(Cl)cn1. The van der Waals surface area contributed by atoms with E-state index in [1.54, 1.807) is 6.20 Å². The first kappa shape index (κ1) is 13.3. The minimum absolute atomic E-state index is 0.0946. The number of pyridine rings is 1. The van der Waals surface area contributed by atoms with Gasteiger partial charge < -0.3 is 10.6 Å². The highest BCUT2D eigenvalue weighted by Crippen LogP contribution is 2.20. The van der Waals surface area contributed by atoms with E-state index in [-0.39, 0.29) is 5.41 Å². The van der Waals surface area contributed by atoms with Crippen molar-refractivity contribution in [1.29, 1.82) is 0 Å². The maximum atomic E-state index is 5.82. The van der Waals surface area contributed by atoms with Gasteiger partial charge in [-0.1, -0.05) is 25.4 Å². The Balaban J connectivity index is 2.78. The van der Waals surface area contributed by atoms with Crippen LogP contribution in [0.2, 0.25) is 5.02 Å². The van der Waals surface area contributed by atoms with Gasteiger partial charge in [0.1, 0.15) is 5.82 Å². The Morgan fingerprint density at radius 2 is 2.12 bits per heavy atom. The van der Waals surface area contributed by atoms with Crippen LogP contribution in [0.1, 0.15) is 20.8 Å². The van der Waals surface area contributed by atoms with E-state index in [0.717, 1.165) is 18.9 Å². The molecule has 0 saturated heterocycles. The van der Waals surface area contributed by atoms with Gasteiger partial charge in [-0.05, 0) is 31.0 Å². The molecule has 0 unspecified atom stereocenters. The molecule has 4 heteroatoms. The summed E-state index contributed by atoms with van der Waals surface area (Å²) < 4.78 is 0. The lowest BCUT2D eigenvalue weighted by atomic mass is 9.93. The number of rotatable bonds is 5. The third-order valence-corrected chi connectivity index (χ3v) is 2.81. The number of hydrogen-bond donors (Lipinski definition) is 1. The normalized spacial score (nSPS) is 11.6. The lowest BCUT2D eigenvalue weighted by Gasteiger charge is -2.31. The van der Waals surface area contributed by atoms with Crippen molar-refractivity contribution in [3.05, 3.63) is 23.4 Å². The van der Waals surface area contributed by atoms with Crippen LogP contribution in [0.25, 0.3) is 0 Å². The molecule has 0 aliphatic heterocycles. The zero-order chi connectivity index (χ0) is 12.2. The second-order valence-electron chi connectivity index (χ2n) is 4.72. The van der Waals surface area contributed by atoms with Gasteiger partial charge in [0.15, 0.2) is 0 Å². The summed E-state index contributed by atoms with van der Waals surface area (Å²) in [6.45, 7) is 8.91. The molecular formula is C12H20ClN3. The Morgan fingerprint density at radius 3 is 2.56 bits per heavy atom. The Bertz CT molecular complexity index is 322. The Hall–Kier alpha value is -0.800. The summed E-state index contributed by atoms with van der Waals surface area (Å²) in [5.41, 5.74) is 5.84. The van der Waals surface area contributed by atoms with E-state index in [4.69, 9.17) is 17.3 Å². The van der Waals surface area contributed by atoms with Crippen molar-refractivity contribution < 1.29 is 0 Å². The molecule has 0 spiro atoms. The second-order valence-corrected chi connectivity index (χ2v) is 5.15. The van der Waals surface area contributed by atoms with Crippen LogP contribution in [0, 0.1) is 5.41 Å². The molecule has 0 aromatic carbocycles. The van der Waals surface area contributed by atoms with E-state index in [9.17, 15) is 0 Å². The maximum absolute atomic E-state index is 5.82. The quantitative estimate of drug-likeness (QED) is 0.862. The lowest BCUT2D eigenvalue weighted by molar-refractivity contribution is 0.379. The average molecular weight is 242 g/mol. The molecule has 90 valence electrons. The number of nitrogens with two attached hydrogens (primary N) is 1. The smallest absolute Gasteiger partial charge is 0.128 e. The van der Waals surface area contributed by atoms with Crippen molar-refractivity contribution in [2.24, 2.45) is 11.1 Å². The molecule has 0 atom stereocenters. The van der Waals surface area contributed by atoms with Gasteiger partial charge in [-0.15, -0.1) is 0 Å². The number of aromatic nitrogens is 1. The molecule has 1 heterocycles. The zero-order valence-electron chi connectivity index (χ0n) is 10.2. The van der Waals surface area contributed by atoms with Crippen molar-refractivity contribution in [1.82, 2.24) is 4.98 Å². The predicted octanol–water partition coefficient (Wildman–Crippen LogP) is 2.55. The standard InChI is InChI=1S/C12H20ClN3/c1-4-16(9-12(2,3)8-14)11-6-5-10(13)7-15-11/h5-7H,4,8-9,14H2,1-3H3. The van der Waals surface area contributed by atoms with Crippen LogP contribution in [-0.2, 0) is 0 Å². The van der Waals surface area contributed by atoms with Gasteiger partial charge in [0.2, 0.25) is 0 Å². The van der Waals surface area contributed by atoms with Gasteiger partial charge >= 0.3 is 0 Å². The van der Waals surface area contributed by atoms with Crippen LogP contribution in [-0.4, -0.2) is 24.6 Å². The van der Waals surface area contributed by atoms with E-state index in [1.165, 1.54) is 0 Å². The minimum atomic E-state index is 0.0946. The second kappa shape index (κ2) is 5.51. The van der Waals surface area contributed by atoms with Crippen molar-refractivity contribution in [2.45, 2.75) is 20.8 Å². The van der Waals surface area contributed by atoms with E-state index in [2.05, 4.69) is 30.7 Å². The summed E-state index contributed by atoms with van der Waals surface area (Å²) in [6.07, 6.45) is 1.68. The number of anilines is 1. The summed E-state index contributed by atoms with van der Waals surface area (Å²) in [7, 11) is 0. The van der Waals surface area contributed by atoms with Crippen molar-refractivity contribution >= 4 is 17.4 Å². The van der Waals surface area contributed by atoms with Gasteiger partial charge in [-0.3, -0.25) is 0 Å². The number of halogens is 1. The molecule has 1 rings (SSSR count). The first-order valence-electron chi connectivity index (χ1n) is 5.55. The molecule has 3 nitrogen and oxygen atoms in total. The highest BCUT2D eigenvalue weighted by molar-refractivity contribution is 6.30. The Kier molecular flexibility index (Phi) is 4.56. The van der Waals surface area contributed by atoms with Crippen LogP contribution in [0.4, 0.5) is 5.82 Å². The summed E-state index contributed by atoms with van der Waals surface area (Å²) in [6, 6.07) is 3.81. The van der Waals surface area contributed by atoms with E-state index in [0.29, 0.717) is 11.6 Å². The third kappa shape index (κ3) is 3.65. The molecule has 16 heavy (non-hydrogen) atoms. The Labute approximate surface area is 103 Å². The first-order chi connectivity index (χ1) is 7.48. The van der Waals surface area contributed by atoms with Crippen LogP contribution < -0.4 is 10.6 Å². The van der Waals surface area contributed by atoms with Crippen LogP contribution >= 0.6 is 11.6 Å². The van der Waals surface area contributed by atoms with Gasteiger partial charge in [0.05, 0.1) is 5.02 Å². The molecular weight excluding hydrogens is 222 g/mol. The topological polar surface area (TPSA) is 42.1 Å². The molecule has 0 aliphatic carbocycles. The lowest BCUT2D eigenvalue weighted by Crippen LogP contribution is -2.39.